The molecular formula is C18H30ClNO3. The lowest BCUT2D eigenvalue weighted by atomic mass is 9.80. The van der Waals surface area contributed by atoms with Crippen molar-refractivity contribution in [1.82, 2.24) is 5.32 Å². The topological polar surface area (TPSA) is 50.7 Å². The van der Waals surface area contributed by atoms with E-state index in [1.54, 1.807) is 7.11 Å². The highest BCUT2D eigenvalue weighted by Crippen LogP contribution is 2.36. The maximum absolute atomic E-state index is 10.8. The summed E-state index contributed by atoms with van der Waals surface area (Å²) in [6, 6.07) is 8.05. The van der Waals surface area contributed by atoms with Crippen LogP contribution in [-0.2, 0) is 11.3 Å². The molecule has 1 aromatic carbocycles. The van der Waals surface area contributed by atoms with E-state index in [2.05, 4.69) is 31.3 Å². The van der Waals surface area contributed by atoms with Gasteiger partial charge >= 0.3 is 0 Å². The molecule has 1 aromatic rings. The first-order chi connectivity index (χ1) is 10.5. The first-order valence-electron chi connectivity index (χ1n) is 8.19. The Morgan fingerprint density at radius 1 is 1.30 bits per heavy atom. The van der Waals surface area contributed by atoms with Crippen LogP contribution in [-0.4, -0.2) is 36.6 Å². The van der Waals surface area contributed by atoms with Crippen LogP contribution >= 0.6 is 12.4 Å². The van der Waals surface area contributed by atoms with E-state index in [0.29, 0.717) is 6.61 Å². The molecule has 2 atom stereocenters. The van der Waals surface area contributed by atoms with Gasteiger partial charge in [0.2, 0.25) is 0 Å². The van der Waals surface area contributed by atoms with Crippen molar-refractivity contribution in [3.8, 4) is 5.75 Å². The number of methoxy groups -OCH3 is 1. The second-order valence-electron chi connectivity index (χ2n) is 6.58. The van der Waals surface area contributed by atoms with Crippen LogP contribution in [0.1, 0.15) is 45.1 Å². The molecule has 2 unspecified atom stereocenters. The van der Waals surface area contributed by atoms with Gasteiger partial charge in [-0.3, -0.25) is 0 Å². The average molecular weight is 344 g/mol. The van der Waals surface area contributed by atoms with Crippen molar-refractivity contribution in [1.29, 1.82) is 0 Å². The molecular weight excluding hydrogens is 314 g/mol. The van der Waals surface area contributed by atoms with Crippen LogP contribution in [0, 0.1) is 0 Å². The summed E-state index contributed by atoms with van der Waals surface area (Å²) >= 11 is 0. The molecule has 1 fully saturated rings. The molecule has 1 saturated heterocycles. The zero-order valence-corrected chi connectivity index (χ0v) is 15.2. The molecule has 0 aromatic heterocycles. The number of hydrogen-bond acceptors (Lipinski definition) is 4. The summed E-state index contributed by atoms with van der Waals surface area (Å²) in [6.45, 7) is 6.48. The monoisotopic (exact) mass is 343 g/mol. The van der Waals surface area contributed by atoms with E-state index < -0.39 is 5.60 Å². The van der Waals surface area contributed by atoms with Crippen molar-refractivity contribution in [3.63, 3.8) is 0 Å². The van der Waals surface area contributed by atoms with E-state index in [0.717, 1.165) is 44.5 Å². The quantitative estimate of drug-likeness (QED) is 0.746. The van der Waals surface area contributed by atoms with Crippen LogP contribution in [0.25, 0.3) is 0 Å². The van der Waals surface area contributed by atoms with Gasteiger partial charge in [0.1, 0.15) is 5.75 Å². The van der Waals surface area contributed by atoms with E-state index in [1.165, 1.54) is 5.56 Å². The van der Waals surface area contributed by atoms with Crippen molar-refractivity contribution >= 4 is 12.4 Å². The predicted octanol–water partition coefficient (Wildman–Crippen LogP) is 3.31. The lowest BCUT2D eigenvalue weighted by Crippen LogP contribution is -2.48. The van der Waals surface area contributed by atoms with E-state index >= 15 is 0 Å². The standard InChI is InChI=1S/C18H29NO3.ClH/c1-4-17(2)14-18(20,10-12-22-17)9-11-19-13-15-5-7-16(21-3)8-6-15;/h5-8,19-20H,4,9-14H2,1-3H3;1H. The van der Waals surface area contributed by atoms with E-state index in [-0.39, 0.29) is 18.0 Å². The van der Waals surface area contributed by atoms with Crippen LogP contribution in [0.15, 0.2) is 24.3 Å². The zero-order chi connectivity index (χ0) is 16.1. The fourth-order valence-corrected chi connectivity index (χ4v) is 3.06. The average Bonchev–Trinajstić information content (AvgIpc) is 2.52. The van der Waals surface area contributed by atoms with Crippen molar-refractivity contribution in [2.75, 3.05) is 20.3 Å². The first kappa shape index (κ1) is 20.2. The molecule has 0 amide bonds. The van der Waals surface area contributed by atoms with Crippen LogP contribution in [0.2, 0.25) is 0 Å². The molecule has 0 aliphatic carbocycles. The van der Waals surface area contributed by atoms with Crippen molar-refractivity contribution in [3.05, 3.63) is 29.8 Å². The Balaban J connectivity index is 0.00000264. The smallest absolute Gasteiger partial charge is 0.118 e. The van der Waals surface area contributed by atoms with E-state index in [1.807, 2.05) is 12.1 Å². The summed E-state index contributed by atoms with van der Waals surface area (Å²) in [6.07, 6.45) is 3.16. The first-order valence-corrected chi connectivity index (χ1v) is 8.19. The van der Waals surface area contributed by atoms with Gasteiger partial charge in [0.25, 0.3) is 0 Å². The summed E-state index contributed by atoms with van der Waals surface area (Å²) in [5.74, 6) is 0.874. The van der Waals surface area contributed by atoms with Gasteiger partial charge in [0.05, 0.1) is 24.9 Å². The lowest BCUT2D eigenvalue weighted by molar-refractivity contribution is -0.155. The third kappa shape index (κ3) is 5.96. The van der Waals surface area contributed by atoms with Crippen LogP contribution in [0.4, 0.5) is 0 Å². The number of halogens is 1. The highest BCUT2D eigenvalue weighted by atomic mass is 35.5. The Morgan fingerprint density at radius 3 is 2.61 bits per heavy atom. The van der Waals surface area contributed by atoms with Gasteiger partial charge in [0.15, 0.2) is 0 Å². The molecule has 0 bridgehead atoms. The molecule has 23 heavy (non-hydrogen) atoms. The Bertz CT molecular complexity index is 468. The summed E-state index contributed by atoms with van der Waals surface area (Å²) in [5.41, 5.74) is 0.442. The fourth-order valence-electron chi connectivity index (χ4n) is 3.06. The summed E-state index contributed by atoms with van der Waals surface area (Å²) < 4.78 is 11.0. The van der Waals surface area contributed by atoms with Gasteiger partial charge in [-0.15, -0.1) is 12.4 Å². The van der Waals surface area contributed by atoms with Gasteiger partial charge in [-0.05, 0) is 50.4 Å². The fraction of sp³-hybridized carbons (Fsp3) is 0.667. The van der Waals surface area contributed by atoms with Gasteiger partial charge < -0.3 is 19.9 Å². The molecule has 4 nitrogen and oxygen atoms in total. The van der Waals surface area contributed by atoms with Crippen molar-refractivity contribution < 1.29 is 14.6 Å². The number of hydrogen-bond donors (Lipinski definition) is 2. The minimum atomic E-state index is -0.601. The molecule has 0 radical (unpaired) electrons. The summed E-state index contributed by atoms with van der Waals surface area (Å²) in [5, 5.41) is 14.2. The highest BCUT2D eigenvalue weighted by molar-refractivity contribution is 5.85. The number of ether oxygens (including phenoxy) is 2. The third-order valence-corrected chi connectivity index (χ3v) is 4.72. The molecule has 132 valence electrons. The Kier molecular flexibility index (Phi) is 7.81. The minimum absolute atomic E-state index is 0. The number of nitrogens with one attached hydrogen (secondary N) is 1. The van der Waals surface area contributed by atoms with E-state index in [9.17, 15) is 5.11 Å². The van der Waals surface area contributed by atoms with Crippen LogP contribution in [0.3, 0.4) is 0 Å². The summed E-state index contributed by atoms with van der Waals surface area (Å²) in [4.78, 5) is 0. The molecule has 1 aliphatic rings. The molecule has 0 saturated carbocycles. The highest BCUT2D eigenvalue weighted by Gasteiger charge is 2.40. The second kappa shape index (κ2) is 8.88. The van der Waals surface area contributed by atoms with Crippen LogP contribution < -0.4 is 10.1 Å². The predicted molar refractivity (Wildman–Crippen MR) is 95.4 cm³/mol. The minimum Gasteiger partial charge on any atom is -0.497 e. The zero-order valence-electron chi connectivity index (χ0n) is 14.4. The largest absolute Gasteiger partial charge is 0.497 e. The SMILES string of the molecule is CCC1(C)CC(O)(CCNCc2ccc(OC)cc2)CCO1.Cl. The second-order valence-corrected chi connectivity index (χ2v) is 6.58. The molecule has 1 aliphatic heterocycles. The summed E-state index contributed by atoms with van der Waals surface area (Å²) in [7, 11) is 1.67. The number of rotatable bonds is 7. The number of aliphatic hydroxyl groups is 1. The Morgan fingerprint density at radius 2 is 2.00 bits per heavy atom. The van der Waals surface area contributed by atoms with Crippen LogP contribution in [0.5, 0.6) is 5.75 Å². The van der Waals surface area contributed by atoms with Gasteiger partial charge in [-0.1, -0.05) is 19.1 Å². The molecule has 1 heterocycles. The Hall–Kier alpha value is -0.810. The van der Waals surface area contributed by atoms with Gasteiger partial charge in [-0.2, -0.15) is 0 Å². The molecule has 0 spiro atoms. The third-order valence-electron chi connectivity index (χ3n) is 4.72. The number of benzene rings is 1. The maximum Gasteiger partial charge on any atom is 0.118 e. The molecule has 5 heteroatoms. The maximum atomic E-state index is 10.8. The van der Waals surface area contributed by atoms with E-state index in [4.69, 9.17) is 9.47 Å². The van der Waals surface area contributed by atoms with Gasteiger partial charge in [0, 0.05) is 13.0 Å². The van der Waals surface area contributed by atoms with Crippen molar-refractivity contribution in [2.24, 2.45) is 0 Å². The lowest BCUT2D eigenvalue weighted by Gasteiger charge is -2.43. The normalized spacial score (nSPS) is 27.3. The Labute approximate surface area is 146 Å². The van der Waals surface area contributed by atoms with Crippen molar-refractivity contribution in [2.45, 2.75) is 57.3 Å². The molecule has 2 rings (SSSR count). The van der Waals surface area contributed by atoms with Gasteiger partial charge in [-0.25, -0.2) is 0 Å². The molecule has 2 N–H and O–H groups in total.